The first kappa shape index (κ1) is 17.9. The molecule has 1 aliphatic heterocycles. The molecule has 3 rings (SSSR count). The molecule has 0 saturated carbocycles. The zero-order valence-electron chi connectivity index (χ0n) is 13.9. The van der Waals surface area contributed by atoms with Crippen molar-refractivity contribution in [2.45, 2.75) is 32.0 Å². The predicted octanol–water partition coefficient (Wildman–Crippen LogP) is 4.38. The van der Waals surface area contributed by atoms with Gasteiger partial charge >= 0.3 is 6.18 Å². The minimum Gasteiger partial charge on any atom is -0.471 e. The van der Waals surface area contributed by atoms with Crippen LogP contribution in [0.4, 0.5) is 17.6 Å². The van der Waals surface area contributed by atoms with Gasteiger partial charge in [0.05, 0.1) is 23.1 Å². The van der Waals surface area contributed by atoms with E-state index in [2.05, 4.69) is 16.8 Å². The predicted molar refractivity (Wildman–Crippen MR) is 85.3 cm³/mol. The SMILES string of the molecule is CC1(C)CC(=O)c2ccc(C#Cc3c(F)cccc3C(F)(F)F)nc2O1. The van der Waals surface area contributed by atoms with Crippen LogP contribution in [0.25, 0.3) is 0 Å². The number of hydrogen-bond donors (Lipinski definition) is 0. The van der Waals surface area contributed by atoms with Gasteiger partial charge in [-0.05, 0) is 44.0 Å². The van der Waals surface area contributed by atoms with Crippen LogP contribution in [-0.2, 0) is 6.18 Å². The fourth-order valence-corrected chi connectivity index (χ4v) is 2.59. The van der Waals surface area contributed by atoms with Gasteiger partial charge in [0.15, 0.2) is 5.78 Å². The summed E-state index contributed by atoms with van der Waals surface area (Å²) in [4.78, 5) is 16.1. The van der Waals surface area contributed by atoms with E-state index in [0.717, 1.165) is 18.2 Å². The quantitative estimate of drug-likeness (QED) is 0.515. The number of aromatic nitrogens is 1. The maximum atomic E-state index is 13.8. The van der Waals surface area contributed by atoms with Gasteiger partial charge in [-0.2, -0.15) is 13.2 Å². The molecule has 0 spiro atoms. The van der Waals surface area contributed by atoms with Crippen molar-refractivity contribution in [2.24, 2.45) is 0 Å². The van der Waals surface area contributed by atoms with Crippen LogP contribution in [0.3, 0.4) is 0 Å². The van der Waals surface area contributed by atoms with Crippen molar-refractivity contribution in [3.05, 3.63) is 58.5 Å². The van der Waals surface area contributed by atoms with E-state index in [4.69, 9.17) is 4.74 Å². The van der Waals surface area contributed by atoms with Gasteiger partial charge in [0.1, 0.15) is 17.1 Å². The van der Waals surface area contributed by atoms with Crippen LogP contribution in [0.1, 0.15) is 47.4 Å². The summed E-state index contributed by atoms with van der Waals surface area (Å²) in [6.07, 6.45) is -4.54. The number of ether oxygens (including phenoxy) is 1. The average molecular weight is 363 g/mol. The van der Waals surface area contributed by atoms with E-state index in [0.29, 0.717) is 0 Å². The van der Waals surface area contributed by atoms with Crippen molar-refractivity contribution in [3.63, 3.8) is 0 Å². The number of Topliss-reactive ketones (excluding diaryl/α,β-unsaturated/α-hetero) is 1. The Morgan fingerprint density at radius 2 is 1.88 bits per heavy atom. The van der Waals surface area contributed by atoms with E-state index in [1.165, 1.54) is 12.1 Å². The first-order valence-electron chi connectivity index (χ1n) is 7.68. The molecule has 0 N–H and O–H groups in total. The third kappa shape index (κ3) is 3.54. The number of carbonyl (C=O) groups excluding carboxylic acids is 1. The normalized spacial score (nSPS) is 15.5. The van der Waals surface area contributed by atoms with Gasteiger partial charge in [0.25, 0.3) is 0 Å². The van der Waals surface area contributed by atoms with Crippen LogP contribution in [0.2, 0.25) is 0 Å². The topological polar surface area (TPSA) is 39.2 Å². The molecule has 0 amide bonds. The third-order valence-electron chi connectivity index (χ3n) is 3.75. The Morgan fingerprint density at radius 1 is 1.15 bits per heavy atom. The molecular weight excluding hydrogens is 350 g/mol. The number of ketones is 1. The number of rotatable bonds is 0. The molecule has 26 heavy (non-hydrogen) atoms. The lowest BCUT2D eigenvalue weighted by Crippen LogP contribution is -2.36. The summed E-state index contributed by atoms with van der Waals surface area (Å²) in [5.41, 5.74) is -2.28. The smallest absolute Gasteiger partial charge is 0.417 e. The number of halogens is 4. The number of nitrogens with zero attached hydrogens (tertiary/aromatic N) is 1. The summed E-state index contributed by atoms with van der Waals surface area (Å²) in [6.45, 7) is 3.45. The Labute approximate surface area is 147 Å². The molecule has 0 saturated heterocycles. The molecule has 1 aromatic carbocycles. The van der Waals surface area contributed by atoms with Crippen LogP contribution < -0.4 is 4.74 Å². The fraction of sp³-hybridized carbons (Fsp3) is 0.263. The summed E-state index contributed by atoms with van der Waals surface area (Å²) in [6, 6.07) is 5.49. The van der Waals surface area contributed by atoms with Crippen molar-refractivity contribution in [3.8, 4) is 17.7 Å². The van der Waals surface area contributed by atoms with E-state index in [1.807, 2.05) is 0 Å². The second kappa shape index (κ2) is 6.13. The number of pyridine rings is 1. The molecule has 7 heteroatoms. The van der Waals surface area contributed by atoms with Crippen LogP contribution in [0, 0.1) is 17.7 Å². The number of hydrogen-bond acceptors (Lipinski definition) is 3. The molecule has 0 fully saturated rings. The lowest BCUT2D eigenvalue weighted by atomic mass is 9.94. The lowest BCUT2D eigenvalue weighted by Gasteiger charge is -2.30. The van der Waals surface area contributed by atoms with Crippen molar-refractivity contribution in [1.29, 1.82) is 0 Å². The van der Waals surface area contributed by atoms with Crippen molar-refractivity contribution in [2.75, 3.05) is 0 Å². The van der Waals surface area contributed by atoms with Crippen molar-refractivity contribution < 1.29 is 27.1 Å². The summed E-state index contributed by atoms with van der Waals surface area (Å²) in [7, 11) is 0. The van der Waals surface area contributed by atoms with Crippen LogP contribution in [-0.4, -0.2) is 16.4 Å². The zero-order valence-corrected chi connectivity index (χ0v) is 13.9. The Hall–Kier alpha value is -2.88. The minimum atomic E-state index is -4.73. The minimum absolute atomic E-state index is 0.0719. The van der Waals surface area contributed by atoms with Gasteiger partial charge < -0.3 is 4.74 Å². The second-order valence-electron chi connectivity index (χ2n) is 6.42. The standard InChI is InChI=1S/C19H13F4NO2/c1-18(2)10-16(25)13-9-7-11(24-17(13)26-18)6-8-12-14(19(21,22)23)4-3-5-15(12)20/h3-5,7,9H,10H2,1-2H3. The monoisotopic (exact) mass is 363 g/mol. The van der Waals surface area contributed by atoms with E-state index < -0.39 is 28.7 Å². The van der Waals surface area contributed by atoms with E-state index in [-0.39, 0.29) is 29.3 Å². The van der Waals surface area contributed by atoms with Gasteiger partial charge in [0.2, 0.25) is 5.88 Å². The molecule has 2 heterocycles. The molecule has 3 nitrogen and oxygen atoms in total. The highest BCUT2D eigenvalue weighted by Gasteiger charge is 2.35. The van der Waals surface area contributed by atoms with Gasteiger partial charge in [-0.25, -0.2) is 9.37 Å². The maximum Gasteiger partial charge on any atom is 0.417 e. The number of benzene rings is 1. The first-order chi connectivity index (χ1) is 12.1. The van der Waals surface area contributed by atoms with E-state index in [1.54, 1.807) is 13.8 Å². The molecule has 0 aliphatic carbocycles. The highest BCUT2D eigenvalue weighted by molar-refractivity contribution is 5.99. The molecule has 0 atom stereocenters. The molecule has 1 aromatic heterocycles. The summed E-state index contributed by atoms with van der Waals surface area (Å²) in [5.74, 6) is 3.47. The summed E-state index contributed by atoms with van der Waals surface area (Å²) < 4.78 is 58.4. The molecular formula is C19H13F4NO2. The van der Waals surface area contributed by atoms with Gasteiger partial charge in [-0.3, -0.25) is 4.79 Å². The van der Waals surface area contributed by atoms with Crippen molar-refractivity contribution >= 4 is 5.78 Å². The maximum absolute atomic E-state index is 13.8. The molecule has 134 valence electrons. The van der Waals surface area contributed by atoms with Gasteiger partial charge in [0, 0.05) is 0 Å². The zero-order chi connectivity index (χ0) is 19.1. The first-order valence-corrected chi connectivity index (χ1v) is 7.68. The molecule has 0 radical (unpaired) electrons. The molecule has 2 aromatic rings. The van der Waals surface area contributed by atoms with Gasteiger partial charge in [-0.1, -0.05) is 12.0 Å². The molecule has 0 unspecified atom stereocenters. The second-order valence-corrected chi connectivity index (χ2v) is 6.42. The Bertz CT molecular complexity index is 952. The lowest BCUT2D eigenvalue weighted by molar-refractivity contribution is -0.138. The number of carbonyl (C=O) groups is 1. The van der Waals surface area contributed by atoms with Crippen molar-refractivity contribution in [1.82, 2.24) is 4.98 Å². The third-order valence-corrected chi connectivity index (χ3v) is 3.75. The highest BCUT2D eigenvalue weighted by atomic mass is 19.4. The van der Waals surface area contributed by atoms with E-state index in [9.17, 15) is 22.4 Å². The fourth-order valence-electron chi connectivity index (χ4n) is 2.59. The Morgan fingerprint density at radius 3 is 2.58 bits per heavy atom. The van der Waals surface area contributed by atoms with Crippen LogP contribution >= 0.6 is 0 Å². The Balaban J connectivity index is 2.02. The summed E-state index contributed by atoms with van der Waals surface area (Å²) in [5, 5.41) is 0. The van der Waals surface area contributed by atoms with Crippen LogP contribution in [0.5, 0.6) is 5.88 Å². The number of alkyl halides is 3. The van der Waals surface area contributed by atoms with E-state index >= 15 is 0 Å². The number of fused-ring (bicyclic) bond motifs is 1. The van der Waals surface area contributed by atoms with Gasteiger partial charge in [-0.15, -0.1) is 0 Å². The average Bonchev–Trinajstić information content (AvgIpc) is 2.51. The largest absolute Gasteiger partial charge is 0.471 e. The highest BCUT2D eigenvalue weighted by Crippen LogP contribution is 2.33. The molecule has 1 aliphatic rings. The molecule has 0 bridgehead atoms. The van der Waals surface area contributed by atoms with Crippen LogP contribution in [0.15, 0.2) is 30.3 Å². The summed E-state index contributed by atoms with van der Waals surface area (Å²) >= 11 is 0. The Kier molecular flexibility index (Phi) is 4.23.